The van der Waals surface area contributed by atoms with Gasteiger partial charge in [0.05, 0.1) is 0 Å². The number of nitrogens with zero attached hydrogens (tertiary/aromatic N) is 2. The molecule has 0 unspecified atom stereocenters. The molecule has 0 saturated heterocycles. The maximum absolute atomic E-state index is 11.7. The van der Waals surface area contributed by atoms with Crippen LogP contribution in [0.5, 0.6) is 0 Å². The number of hydrogen-bond donors (Lipinski definition) is 0. The maximum atomic E-state index is 11.7. The second kappa shape index (κ2) is 7.12. The van der Waals surface area contributed by atoms with Crippen LogP contribution < -0.4 is 4.90 Å². The van der Waals surface area contributed by atoms with Crippen LogP contribution in [0.15, 0.2) is 79.0 Å². The zero-order chi connectivity index (χ0) is 17.8. The molecule has 1 aromatic heterocycles. The van der Waals surface area contributed by atoms with Crippen molar-refractivity contribution >= 4 is 12.2 Å². The van der Waals surface area contributed by atoms with Crippen molar-refractivity contribution in [3.63, 3.8) is 0 Å². The van der Waals surface area contributed by atoms with E-state index in [1.165, 1.54) is 23.1 Å². The average molecular weight is 342 g/mol. The highest BCUT2D eigenvalue weighted by Gasteiger charge is 2.40. The third-order valence-electron chi connectivity index (χ3n) is 5.46. The van der Waals surface area contributed by atoms with Gasteiger partial charge in [0, 0.05) is 18.2 Å². The monoisotopic (exact) mass is 342 g/mol. The number of carbonyl (C=O) groups excluding carboxylic acids is 1. The number of carbonyl (C=O) groups is 1. The number of rotatable bonds is 6. The Morgan fingerprint density at radius 3 is 2.15 bits per heavy atom. The molecule has 1 heterocycles. The molecule has 2 aromatic carbocycles. The molecule has 0 atom stereocenters. The summed E-state index contributed by atoms with van der Waals surface area (Å²) >= 11 is 0. The van der Waals surface area contributed by atoms with E-state index in [9.17, 15) is 4.79 Å². The van der Waals surface area contributed by atoms with Gasteiger partial charge in [0.2, 0.25) is 6.41 Å². The van der Waals surface area contributed by atoms with Gasteiger partial charge in [0.1, 0.15) is 5.82 Å². The fourth-order valence-corrected chi connectivity index (χ4v) is 3.81. The van der Waals surface area contributed by atoms with Gasteiger partial charge in [-0.1, -0.05) is 67.1 Å². The van der Waals surface area contributed by atoms with Gasteiger partial charge in [-0.3, -0.25) is 9.69 Å². The van der Waals surface area contributed by atoms with Crippen LogP contribution in [-0.4, -0.2) is 17.9 Å². The average Bonchev–Trinajstić information content (AvgIpc) is 2.69. The summed E-state index contributed by atoms with van der Waals surface area (Å²) in [5.74, 6) is 0.717. The van der Waals surface area contributed by atoms with E-state index < -0.39 is 0 Å². The standard InChI is InChI=1S/C23H22N2O/c26-18-25(22-9-4-5-16-24-22)17-23(14-6-15-23)21-12-10-20(11-13-21)19-7-2-1-3-8-19/h1-5,7-13,16,18H,6,14-15,17H2. The van der Waals surface area contributed by atoms with Gasteiger partial charge < -0.3 is 0 Å². The Balaban J connectivity index is 1.59. The smallest absolute Gasteiger partial charge is 0.215 e. The van der Waals surface area contributed by atoms with Gasteiger partial charge >= 0.3 is 0 Å². The lowest BCUT2D eigenvalue weighted by molar-refractivity contribution is -0.107. The number of aromatic nitrogens is 1. The number of anilines is 1. The zero-order valence-corrected chi connectivity index (χ0v) is 14.7. The molecule has 0 bridgehead atoms. The topological polar surface area (TPSA) is 33.2 Å². The van der Waals surface area contributed by atoms with Crippen LogP contribution in [0.4, 0.5) is 5.82 Å². The first-order valence-electron chi connectivity index (χ1n) is 9.10. The van der Waals surface area contributed by atoms with Crippen molar-refractivity contribution in [3.05, 3.63) is 84.6 Å². The van der Waals surface area contributed by atoms with E-state index >= 15 is 0 Å². The Morgan fingerprint density at radius 1 is 0.885 bits per heavy atom. The maximum Gasteiger partial charge on any atom is 0.215 e. The molecule has 1 fully saturated rings. The molecular formula is C23H22N2O. The molecule has 1 aliphatic rings. The molecule has 4 rings (SSSR count). The molecule has 1 amide bonds. The number of benzene rings is 2. The molecule has 3 nitrogen and oxygen atoms in total. The Morgan fingerprint density at radius 2 is 1.58 bits per heavy atom. The minimum atomic E-state index is 0.0354. The summed E-state index contributed by atoms with van der Waals surface area (Å²) in [6, 6.07) is 24.9. The molecule has 0 N–H and O–H groups in total. The van der Waals surface area contributed by atoms with Gasteiger partial charge in [-0.05, 0) is 41.7 Å². The van der Waals surface area contributed by atoms with Crippen LogP contribution in [0.25, 0.3) is 11.1 Å². The van der Waals surface area contributed by atoms with Gasteiger partial charge in [-0.2, -0.15) is 0 Å². The molecule has 1 aliphatic carbocycles. The van der Waals surface area contributed by atoms with Crippen LogP contribution in [0.3, 0.4) is 0 Å². The highest BCUT2D eigenvalue weighted by molar-refractivity contribution is 5.73. The molecule has 26 heavy (non-hydrogen) atoms. The second-order valence-corrected chi connectivity index (χ2v) is 7.00. The normalized spacial score (nSPS) is 15.1. The van der Waals surface area contributed by atoms with E-state index in [4.69, 9.17) is 0 Å². The first kappa shape index (κ1) is 16.5. The molecule has 3 aromatic rings. The Bertz CT molecular complexity index is 856. The van der Waals surface area contributed by atoms with Crippen LogP contribution in [-0.2, 0) is 10.2 Å². The van der Waals surface area contributed by atoms with Crippen molar-refractivity contribution in [2.24, 2.45) is 0 Å². The number of hydrogen-bond acceptors (Lipinski definition) is 2. The Labute approximate surface area is 154 Å². The van der Waals surface area contributed by atoms with Crippen LogP contribution in [0.1, 0.15) is 24.8 Å². The zero-order valence-electron chi connectivity index (χ0n) is 14.7. The van der Waals surface area contributed by atoms with E-state index in [-0.39, 0.29) is 5.41 Å². The molecule has 1 saturated carbocycles. The first-order chi connectivity index (χ1) is 12.8. The van der Waals surface area contributed by atoms with E-state index in [1.54, 1.807) is 11.1 Å². The summed E-state index contributed by atoms with van der Waals surface area (Å²) in [7, 11) is 0. The van der Waals surface area contributed by atoms with Crippen molar-refractivity contribution in [1.29, 1.82) is 0 Å². The molecule has 0 aliphatic heterocycles. The molecule has 3 heteroatoms. The SMILES string of the molecule is O=CN(CC1(c2ccc(-c3ccccc3)cc2)CCC1)c1ccccn1. The van der Waals surface area contributed by atoms with E-state index in [0.29, 0.717) is 6.54 Å². The third-order valence-corrected chi connectivity index (χ3v) is 5.46. The third kappa shape index (κ3) is 3.13. The minimum absolute atomic E-state index is 0.0354. The van der Waals surface area contributed by atoms with Gasteiger partial charge in [0.25, 0.3) is 0 Å². The lowest BCUT2D eigenvalue weighted by Crippen LogP contribution is -2.45. The predicted octanol–water partition coefficient (Wildman–Crippen LogP) is 4.83. The van der Waals surface area contributed by atoms with Crippen molar-refractivity contribution in [2.45, 2.75) is 24.7 Å². The van der Waals surface area contributed by atoms with Gasteiger partial charge in [0.15, 0.2) is 0 Å². The van der Waals surface area contributed by atoms with Crippen molar-refractivity contribution in [3.8, 4) is 11.1 Å². The summed E-state index contributed by atoms with van der Waals surface area (Å²) in [6.07, 6.45) is 6.05. The molecule has 0 spiro atoms. The van der Waals surface area contributed by atoms with Crippen molar-refractivity contribution < 1.29 is 4.79 Å². The highest BCUT2D eigenvalue weighted by atomic mass is 16.1. The Kier molecular flexibility index (Phi) is 4.53. The van der Waals surface area contributed by atoms with Crippen molar-refractivity contribution in [2.75, 3.05) is 11.4 Å². The van der Waals surface area contributed by atoms with Gasteiger partial charge in [-0.15, -0.1) is 0 Å². The first-order valence-corrected chi connectivity index (χ1v) is 9.10. The fourth-order valence-electron chi connectivity index (χ4n) is 3.81. The molecular weight excluding hydrogens is 320 g/mol. The quantitative estimate of drug-likeness (QED) is 0.601. The molecule has 0 radical (unpaired) electrons. The summed E-state index contributed by atoms with van der Waals surface area (Å²) < 4.78 is 0. The second-order valence-electron chi connectivity index (χ2n) is 7.00. The van der Waals surface area contributed by atoms with Crippen LogP contribution >= 0.6 is 0 Å². The Hall–Kier alpha value is -2.94. The highest BCUT2D eigenvalue weighted by Crippen LogP contribution is 2.45. The summed E-state index contributed by atoms with van der Waals surface area (Å²) in [5.41, 5.74) is 3.80. The number of amides is 1. The van der Waals surface area contributed by atoms with E-state index in [0.717, 1.165) is 25.1 Å². The van der Waals surface area contributed by atoms with Crippen LogP contribution in [0.2, 0.25) is 0 Å². The number of pyridine rings is 1. The van der Waals surface area contributed by atoms with E-state index in [1.807, 2.05) is 24.3 Å². The largest absolute Gasteiger partial charge is 0.299 e. The summed E-state index contributed by atoms with van der Waals surface area (Å²) in [6.45, 7) is 0.679. The summed E-state index contributed by atoms with van der Waals surface area (Å²) in [4.78, 5) is 17.8. The van der Waals surface area contributed by atoms with Gasteiger partial charge in [-0.25, -0.2) is 4.98 Å². The minimum Gasteiger partial charge on any atom is -0.299 e. The van der Waals surface area contributed by atoms with E-state index in [2.05, 4.69) is 53.5 Å². The van der Waals surface area contributed by atoms with Crippen molar-refractivity contribution in [1.82, 2.24) is 4.98 Å². The predicted molar refractivity (Wildman–Crippen MR) is 105 cm³/mol. The lowest BCUT2D eigenvalue weighted by atomic mass is 9.64. The van der Waals surface area contributed by atoms with Crippen LogP contribution in [0, 0.1) is 0 Å². The molecule has 130 valence electrons. The summed E-state index contributed by atoms with van der Waals surface area (Å²) in [5, 5.41) is 0. The lowest BCUT2D eigenvalue weighted by Gasteiger charge is -2.44. The fraction of sp³-hybridized carbons (Fsp3) is 0.217.